The highest BCUT2D eigenvalue weighted by atomic mass is 16.5. The van der Waals surface area contributed by atoms with E-state index in [-0.39, 0.29) is 18.3 Å². The minimum Gasteiger partial charge on any atom is -0.427 e. The van der Waals surface area contributed by atoms with Crippen LogP contribution in [-0.2, 0) is 9.59 Å². The summed E-state index contributed by atoms with van der Waals surface area (Å²) in [7, 11) is 0. The van der Waals surface area contributed by atoms with Gasteiger partial charge in [0.15, 0.2) is 0 Å². The molecule has 0 unspecified atom stereocenters. The highest BCUT2D eigenvalue weighted by Crippen LogP contribution is 2.21. The third-order valence-electron chi connectivity index (χ3n) is 3.92. The van der Waals surface area contributed by atoms with Crippen LogP contribution in [0, 0.1) is 0 Å². The number of hydrogen-bond acceptors (Lipinski definition) is 4. The molecule has 0 aliphatic carbocycles. The Bertz CT molecular complexity index is 889. The lowest BCUT2D eigenvalue weighted by Crippen LogP contribution is -2.12. The Balaban J connectivity index is 1.42. The summed E-state index contributed by atoms with van der Waals surface area (Å²) in [5, 5.41) is 3.88. The number of rotatable bonds is 7. The first-order valence-electron chi connectivity index (χ1n) is 8.62. The number of para-hydroxylation sites is 2. The summed E-state index contributed by atoms with van der Waals surface area (Å²) in [5.41, 5.74) is 1.48. The van der Waals surface area contributed by atoms with Gasteiger partial charge in [0.2, 0.25) is 5.91 Å². The quantitative estimate of drug-likeness (QED) is 0.392. The van der Waals surface area contributed by atoms with Crippen molar-refractivity contribution in [1.82, 2.24) is 4.98 Å². The molecule has 26 heavy (non-hydrogen) atoms. The van der Waals surface area contributed by atoms with Crippen molar-refractivity contribution in [2.45, 2.75) is 25.7 Å². The molecule has 1 heterocycles. The largest absolute Gasteiger partial charge is 0.427 e. The van der Waals surface area contributed by atoms with Crippen LogP contribution in [0.2, 0.25) is 0 Å². The molecular formula is C21H20N2O3. The van der Waals surface area contributed by atoms with Crippen LogP contribution < -0.4 is 10.1 Å². The van der Waals surface area contributed by atoms with E-state index in [2.05, 4.69) is 10.3 Å². The number of unbranched alkanes of at least 4 members (excludes halogenated alkanes) is 1. The first kappa shape index (κ1) is 17.6. The lowest BCUT2D eigenvalue weighted by Gasteiger charge is -2.08. The van der Waals surface area contributed by atoms with Gasteiger partial charge in [0.25, 0.3) is 0 Å². The average molecular weight is 348 g/mol. The third kappa shape index (κ3) is 4.89. The van der Waals surface area contributed by atoms with Gasteiger partial charge < -0.3 is 10.1 Å². The molecule has 0 aliphatic rings. The second kappa shape index (κ2) is 8.76. The number of nitrogens with zero attached hydrogens (tertiary/aromatic N) is 1. The lowest BCUT2D eigenvalue weighted by molar-refractivity contribution is -0.134. The van der Waals surface area contributed by atoms with E-state index >= 15 is 0 Å². The molecule has 0 saturated carbocycles. The molecule has 1 amide bonds. The molecule has 0 radical (unpaired) electrons. The Kier molecular flexibility index (Phi) is 5.93. The Labute approximate surface area is 152 Å². The maximum absolute atomic E-state index is 12.1. The average Bonchev–Trinajstić information content (AvgIpc) is 2.66. The predicted molar refractivity (Wildman–Crippen MR) is 101 cm³/mol. The first-order valence-corrected chi connectivity index (χ1v) is 8.62. The number of carbonyl (C=O) groups is 2. The molecule has 132 valence electrons. The minimum atomic E-state index is -0.283. The molecule has 0 saturated heterocycles. The second-order valence-electron chi connectivity index (χ2n) is 5.92. The molecule has 1 N–H and O–H groups in total. The number of hydrogen-bond donors (Lipinski definition) is 1. The zero-order valence-corrected chi connectivity index (χ0v) is 14.4. The van der Waals surface area contributed by atoms with Gasteiger partial charge in [-0.25, -0.2) is 0 Å². The number of benzene rings is 2. The Morgan fingerprint density at radius 3 is 2.50 bits per heavy atom. The summed E-state index contributed by atoms with van der Waals surface area (Å²) in [5.74, 6) is 0.174. The summed E-state index contributed by atoms with van der Waals surface area (Å²) in [6.45, 7) is 0. The number of esters is 1. The molecule has 0 atom stereocenters. The fraction of sp³-hybridized carbons (Fsp3) is 0.190. The topological polar surface area (TPSA) is 68.3 Å². The van der Waals surface area contributed by atoms with Crippen LogP contribution in [-0.4, -0.2) is 16.9 Å². The Morgan fingerprint density at radius 1 is 0.885 bits per heavy atom. The van der Waals surface area contributed by atoms with E-state index in [1.165, 1.54) is 0 Å². The lowest BCUT2D eigenvalue weighted by atomic mass is 10.1. The standard InChI is InChI=1S/C21H20N2O3/c24-19(23-18-12-6-8-16-9-7-15-22-21(16)18)13-4-5-14-20(25)26-17-10-2-1-3-11-17/h1-3,6-12,15H,4-5,13-14H2,(H,23,24). The van der Waals surface area contributed by atoms with E-state index < -0.39 is 0 Å². The molecule has 2 aromatic carbocycles. The maximum Gasteiger partial charge on any atom is 0.311 e. The van der Waals surface area contributed by atoms with Gasteiger partial charge in [-0.3, -0.25) is 14.6 Å². The van der Waals surface area contributed by atoms with Crippen molar-refractivity contribution in [3.63, 3.8) is 0 Å². The SMILES string of the molecule is O=C(CCCCC(=O)Oc1ccccc1)Nc1cccc2cccnc12. The van der Waals surface area contributed by atoms with Crippen LogP contribution in [0.3, 0.4) is 0 Å². The van der Waals surface area contributed by atoms with Gasteiger partial charge in [-0.05, 0) is 37.1 Å². The molecule has 3 aromatic rings. The monoisotopic (exact) mass is 348 g/mol. The number of ether oxygens (including phenoxy) is 1. The normalized spacial score (nSPS) is 10.5. The molecule has 5 nitrogen and oxygen atoms in total. The number of nitrogens with one attached hydrogen (secondary N) is 1. The molecule has 0 aliphatic heterocycles. The predicted octanol–water partition coefficient (Wildman–Crippen LogP) is 4.34. The third-order valence-corrected chi connectivity index (χ3v) is 3.92. The Hall–Kier alpha value is -3.21. The van der Waals surface area contributed by atoms with Crippen molar-refractivity contribution >= 4 is 28.5 Å². The number of anilines is 1. The first-order chi connectivity index (χ1) is 12.7. The van der Waals surface area contributed by atoms with Gasteiger partial charge in [0, 0.05) is 24.4 Å². The molecule has 0 spiro atoms. The van der Waals surface area contributed by atoms with Gasteiger partial charge in [-0.15, -0.1) is 0 Å². The van der Waals surface area contributed by atoms with Crippen LogP contribution in [0.25, 0.3) is 10.9 Å². The number of amides is 1. The van der Waals surface area contributed by atoms with E-state index in [1.807, 2.05) is 48.5 Å². The van der Waals surface area contributed by atoms with Crippen LogP contribution in [0.4, 0.5) is 5.69 Å². The van der Waals surface area contributed by atoms with Gasteiger partial charge in [-0.2, -0.15) is 0 Å². The van der Waals surface area contributed by atoms with Crippen LogP contribution in [0.5, 0.6) is 5.75 Å². The molecule has 0 fully saturated rings. The van der Waals surface area contributed by atoms with Crippen molar-refractivity contribution in [1.29, 1.82) is 0 Å². The second-order valence-corrected chi connectivity index (χ2v) is 5.92. The summed E-state index contributed by atoms with van der Waals surface area (Å²) in [6.07, 6.45) is 3.57. The summed E-state index contributed by atoms with van der Waals surface area (Å²) in [4.78, 5) is 28.2. The van der Waals surface area contributed by atoms with Gasteiger partial charge in [0.05, 0.1) is 11.2 Å². The van der Waals surface area contributed by atoms with Crippen molar-refractivity contribution < 1.29 is 14.3 Å². The van der Waals surface area contributed by atoms with E-state index in [9.17, 15) is 9.59 Å². The van der Waals surface area contributed by atoms with Crippen molar-refractivity contribution in [3.05, 3.63) is 66.9 Å². The fourth-order valence-electron chi connectivity index (χ4n) is 2.64. The number of carbonyl (C=O) groups excluding carboxylic acids is 2. The van der Waals surface area contributed by atoms with Gasteiger partial charge in [-0.1, -0.05) is 36.4 Å². The maximum atomic E-state index is 12.1. The smallest absolute Gasteiger partial charge is 0.311 e. The van der Waals surface area contributed by atoms with E-state index in [0.717, 1.165) is 10.9 Å². The molecule has 1 aromatic heterocycles. The zero-order valence-electron chi connectivity index (χ0n) is 14.4. The Morgan fingerprint density at radius 2 is 1.65 bits per heavy atom. The number of aromatic nitrogens is 1. The molecular weight excluding hydrogens is 328 g/mol. The van der Waals surface area contributed by atoms with E-state index in [1.54, 1.807) is 18.3 Å². The zero-order chi connectivity index (χ0) is 18.2. The van der Waals surface area contributed by atoms with Crippen LogP contribution in [0.15, 0.2) is 66.9 Å². The van der Waals surface area contributed by atoms with Crippen LogP contribution in [0.1, 0.15) is 25.7 Å². The molecule has 0 bridgehead atoms. The van der Waals surface area contributed by atoms with E-state index in [0.29, 0.717) is 30.7 Å². The number of fused-ring (bicyclic) bond motifs is 1. The highest BCUT2D eigenvalue weighted by molar-refractivity contribution is 6.00. The fourth-order valence-corrected chi connectivity index (χ4v) is 2.64. The summed E-state index contributed by atoms with van der Waals surface area (Å²) >= 11 is 0. The van der Waals surface area contributed by atoms with Gasteiger partial charge in [0.1, 0.15) is 5.75 Å². The minimum absolute atomic E-state index is 0.0837. The summed E-state index contributed by atoms with van der Waals surface area (Å²) in [6, 6.07) is 18.5. The van der Waals surface area contributed by atoms with Crippen molar-refractivity contribution in [3.8, 4) is 5.75 Å². The highest BCUT2D eigenvalue weighted by Gasteiger charge is 2.08. The molecule has 5 heteroatoms. The van der Waals surface area contributed by atoms with Crippen molar-refractivity contribution in [2.24, 2.45) is 0 Å². The van der Waals surface area contributed by atoms with Crippen molar-refractivity contribution in [2.75, 3.05) is 5.32 Å². The number of pyridine rings is 1. The summed E-state index contributed by atoms with van der Waals surface area (Å²) < 4.78 is 5.22. The van der Waals surface area contributed by atoms with E-state index in [4.69, 9.17) is 4.74 Å². The van der Waals surface area contributed by atoms with Crippen LogP contribution >= 0.6 is 0 Å². The molecule has 3 rings (SSSR count). The van der Waals surface area contributed by atoms with Gasteiger partial charge >= 0.3 is 5.97 Å².